The van der Waals surface area contributed by atoms with Crippen LogP contribution in [-0.2, 0) is 13.0 Å². The molecule has 39 heavy (non-hydrogen) atoms. The van der Waals surface area contributed by atoms with Crippen LogP contribution in [0.5, 0.6) is 0 Å². The number of aromatic nitrogens is 5. The summed E-state index contributed by atoms with van der Waals surface area (Å²) < 4.78 is 1.77. The Kier molecular flexibility index (Phi) is 6.86. The molecule has 1 N–H and O–H groups in total. The van der Waals surface area contributed by atoms with Gasteiger partial charge in [-0.2, -0.15) is 0 Å². The van der Waals surface area contributed by atoms with Gasteiger partial charge in [0, 0.05) is 41.3 Å². The molecule has 1 atom stereocenters. The van der Waals surface area contributed by atoms with Crippen LogP contribution in [-0.4, -0.2) is 30.9 Å². The van der Waals surface area contributed by atoms with Gasteiger partial charge in [-0.3, -0.25) is 14.8 Å². The molecule has 0 aliphatic carbocycles. The third-order valence-electron chi connectivity index (χ3n) is 6.77. The maximum atomic E-state index is 13.6. The van der Waals surface area contributed by atoms with Crippen LogP contribution in [0.1, 0.15) is 33.1 Å². The lowest BCUT2D eigenvalue weighted by Crippen LogP contribution is -2.31. The zero-order valence-electron chi connectivity index (χ0n) is 21.2. The van der Waals surface area contributed by atoms with Crippen molar-refractivity contribution in [3.8, 4) is 11.3 Å². The molecule has 0 aliphatic heterocycles. The summed E-state index contributed by atoms with van der Waals surface area (Å²) in [5, 5.41) is 14.2. The number of rotatable bonds is 8. The highest BCUT2D eigenvalue weighted by molar-refractivity contribution is 5.96. The lowest BCUT2D eigenvalue weighted by Gasteiger charge is -2.20. The SMILES string of the molecule is O=C(NC(Cc1ccccc1)c1ccncc1)c1ccccc1Cn1cc(-c2ccc3cnccc3c2)nn1. The van der Waals surface area contributed by atoms with Crippen molar-refractivity contribution in [3.05, 3.63) is 144 Å². The molecule has 0 saturated heterocycles. The lowest BCUT2D eigenvalue weighted by atomic mass is 9.98. The molecule has 190 valence electrons. The minimum Gasteiger partial charge on any atom is -0.345 e. The summed E-state index contributed by atoms with van der Waals surface area (Å²) in [4.78, 5) is 21.9. The molecule has 3 aromatic carbocycles. The van der Waals surface area contributed by atoms with Crippen LogP contribution in [0.4, 0.5) is 0 Å². The van der Waals surface area contributed by atoms with Crippen LogP contribution in [0.2, 0.25) is 0 Å². The summed E-state index contributed by atoms with van der Waals surface area (Å²) in [6.45, 7) is 0.423. The van der Waals surface area contributed by atoms with Gasteiger partial charge in [0.15, 0.2) is 0 Å². The molecule has 6 aromatic rings. The molecule has 0 fully saturated rings. The summed E-state index contributed by atoms with van der Waals surface area (Å²) in [6.07, 6.45) is 9.71. The number of hydrogen-bond donors (Lipinski definition) is 1. The minimum atomic E-state index is -0.197. The van der Waals surface area contributed by atoms with Crippen molar-refractivity contribution in [1.82, 2.24) is 30.3 Å². The van der Waals surface area contributed by atoms with Crippen molar-refractivity contribution < 1.29 is 4.79 Å². The number of nitrogens with one attached hydrogen (secondary N) is 1. The molecule has 0 saturated carbocycles. The van der Waals surface area contributed by atoms with E-state index in [-0.39, 0.29) is 11.9 Å². The third-order valence-corrected chi connectivity index (χ3v) is 6.77. The van der Waals surface area contributed by atoms with Crippen LogP contribution >= 0.6 is 0 Å². The second-order valence-electron chi connectivity index (χ2n) is 9.39. The first-order valence-electron chi connectivity index (χ1n) is 12.8. The van der Waals surface area contributed by atoms with Crippen LogP contribution in [0.25, 0.3) is 22.0 Å². The van der Waals surface area contributed by atoms with E-state index >= 15 is 0 Å². The zero-order valence-corrected chi connectivity index (χ0v) is 21.2. The number of carbonyl (C=O) groups excluding carboxylic acids is 1. The van der Waals surface area contributed by atoms with Crippen molar-refractivity contribution in [2.45, 2.75) is 19.0 Å². The van der Waals surface area contributed by atoms with Gasteiger partial charge in [0.25, 0.3) is 5.91 Å². The van der Waals surface area contributed by atoms with Gasteiger partial charge < -0.3 is 5.32 Å². The first-order chi connectivity index (χ1) is 19.2. The monoisotopic (exact) mass is 510 g/mol. The standard InChI is InChI=1S/C32H26N6O/c39-32(35-30(24-12-15-33-16-13-24)18-23-6-2-1-3-7-23)29-9-5-4-8-28(29)21-38-22-31(36-37-38)26-10-11-27-20-34-17-14-25(27)19-26/h1-17,19-20,22,30H,18,21H2,(H,35,39). The molecule has 1 unspecified atom stereocenters. The van der Waals surface area contributed by atoms with Crippen LogP contribution in [0, 0.1) is 0 Å². The molecule has 0 aliphatic rings. The maximum Gasteiger partial charge on any atom is 0.252 e. The van der Waals surface area contributed by atoms with Crippen molar-refractivity contribution in [1.29, 1.82) is 0 Å². The summed E-state index contributed by atoms with van der Waals surface area (Å²) in [6, 6.07) is 29.6. The van der Waals surface area contributed by atoms with E-state index in [1.165, 1.54) is 0 Å². The molecule has 3 heterocycles. The Hall–Kier alpha value is -5.17. The average Bonchev–Trinajstić information content (AvgIpc) is 3.46. The Bertz CT molecular complexity index is 1720. The predicted octanol–water partition coefficient (Wildman–Crippen LogP) is 5.65. The lowest BCUT2D eigenvalue weighted by molar-refractivity contribution is 0.0935. The van der Waals surface area contributed by atoms with E-state index in [1.807, 2.05) is 85.2 Å². The minimum absolute atomic E-state index is 0.133. The normalized spacial score (nSPS) is 11.8. The molecular formula is C32H26N6O. The second kappa shape index (κ2) is 11.1. The van der Waals surface area contributed by atoms with Gasteiger partial charge in [0.05, 0.1) is 18.8 Å². The first-order valence-corrected chi connectivity index (χ1v) is 12.8. The fourth-order valence-corrected chi connectivity index (χ4v) is 4.74. The molecule has 0 spiro atoms. The van der Waals surface area contributed by atoms with E-state index in [0.29, 0.717) is 18.5 Å². The predicted molar refractivity (Wildman–Crippen MR) is 151 cm³/mol. The summed E-state index contributed by atoms with van der Waals surface area (Å²) in [5.41, 5.74) is 5.38. The van der Waals surface area contributed by atoms with E-state index < -0.39 is 0 Å². The summed E-state index contributed by atoms with van der Waals surface area (Å²) in [5.74, 6) is -0.133. The van der Waals surface area contributed by atoms with Crippen molar-refractivity contribution in [3.63, 3.8) is 0 Å². The highest BCUT2D eigenvalue weighted by Gasteiger charge is 2.19. The van der Waals surface area contributed by atoms with Gasteiger partial charge in [-0.25, -0.2) is 4.68 Å². The summed E-state index contributed by atoms with van der Waals surface area (Å²) >= 11 is 0. The average molecular weight is 511 g/mol. The van der Waals surface area contributed by atoms with Crippen molar-refractivity contribution >= 4 is 16.7 Å². The Balaban J connectivity index is 1.23. The fraction of sp³-hybridized carbons (Fsp3) is 0.0938. The van der Waals surface area contributed by atoms with Crippen LogP contribution in [0.3, 0.4) is 0 Å². The molecule has 7 nitrogen and oxygen atoms in total. The second-order valence-corrected chi connectivity index (χ2v) is 9.39. The molecular weight excluding hydrogens is 484 g/mol. The van der Waals surface area contributed by atoms with E-state index in [2.05, 4.69) is 43.8 Å². The number of carbonyl (C=O) groups is 1. The molecule has 3 aromatic heterocycles. The van der Waals surface area contributed by atoms with Gasteiger partial charge in [-0.15, -0.1) is 5.10 Å². The highest BCUT2D eigenvalue weighted by atomic mass is 16.1. The van der Waals surface area contributed by atoms with E-state index in [0.717, 1.165) is 38.7 Å². The van der Waals surface area contributed by atoms with Crippen LogP contribution in [0.15, 0.2) is 122 Å². The first kappa shape index (κ1) is 24.2. The van der Waals surface area contributed by atoms with E-state index in [9.17, 15) is 4.79 Å². The largest absolute Gasteiger partial charge is 0.345 e. The highest BCUT2D eigenvalue weighted by Crippen LogP contribution is 2.23. The molecule has 7 heteroatoms. The van der Waals surface area contributed by atoms with Gasteiger partial charge in [-0.1, -0.05) is 65.9 Å². The van der Waals surface area contributed by atoms with E-state index in [1.54, 1.807) is 23.3 Å². The quantitative estimate of drug-likeness (QED) is 0.286. The number of benzene rings is 3. The van der Waals surface area contributed by atoms with Gasteiger partial charge in [0.1, 0.15) is 5.69 Å². The molecule has 6 rings (SSSR count). The fourth-order valence-electron chi connectivity index (χ4n) is 4.74. The molecule has 0 radical (unpaired) electrons. The van der Waals surface area contributed by atoms with Crippen LogP contribution < -0.4 is 5.32 Å². The third kappa shape index (κ3) is 5.57. The van der Waals surface area contributed by atoms with Gasteiger partial charge in [0.2, 0.25) is 0 Å². The molecule has 1 amide bonds. The van der Waals surface area contributed by atoms with Crippen molar-refractivity contribution in [2.24, 2.45) is 0 Å². The Morgan fingerprint density at radius 2 is 1.62 bits per heavy atom. The molecule has 0 bridgehead atoms. The van der Waals surface area contributed by atoms with Crippen molar-refractivity contribution in [2.75, 3.05) is 0 Å². The Morgan fingerprint density at radius 3 is 2.49 bits per heavy atom. The van der Waals surface area contributed by atoms with E-state index in [4.69, 9.17) is 0 Å². The van der Waals surface area contributed by atoms with Gasteiger partial charge in [-0.05, 0) is 58.8 Å². The number of amides is 1. The number of pyridine rings is 2. The smallest absolute Gasteiger partial charge is 0.252 e. The maximum absolute atomic E-state index is 13.6. The topological polar surface area (TPSA) is 85.6 Å². The number of fused-ring (bicyclic) bond motifs is 1. The Morgan fingerprint density at radius 1 is 0.821 bits per heavy atom. The Labute approximate surface area is 226 Å². The summed E-state index contributed by atoms with van der Waals surface area (Å²) in [7, 11) is 0. The number of nitrogens with zero attached hydrogens (tertiary/aromatic N) is 5. The number of hydrogen-bond acceptors (Lipinski definition) is 5. The van der Waals surface area contributed by atoms with Gasteiger partial charge >= 0.3 is 0 Å². The zero-order chi connectivity index (χ0) is 26.4.